The molecule has 0 N–H and O–H groups in total. The van der Waals surface area contributed by atoms with E-state index >= 15 is 0 Å². The van der Waals surface area contributed by atoms with Crippen molar-refractivity contribution >= 4 is 54.7 Å². The number of rotatable bonds is 52. The molecule has 0 saturated carbocycles. The Morgan fingerprint density at radius 3 is 0.667 bits per heavy atom. The van der Waals surface area contributed by atoms with E-state index in [1.165, 1.54) is 305 Å². The Bertz CT molecular complexity index is 3050. The van der Waals surface area contributed by atoms with E-state index < -0.39 is 10.8 Å². The zero-order chi connectivity index (χ0) is 66.3. The van der Waals surface area contributed by atoms with Crippen molar-refractivity contribution in [1.29, 1.82) is 0 Å². The molecule has 8 heteroatoms. The van der Waals surface area contributed by atoms with Gasteiger partial charge < -0.3 is 18.9 Å². The maximum Gasteiger partial charge on any atom is 0.119 e. The van der Waals surface area contributed by atoms with Gasteiger partial charge in [-0.05, 0) is 130 Å². The van der Waals surface area contributed by atoms with Crippen LogP contribution in [0.3, 0.4) is 0 Å². The van der Waals surface area contributed by atoms with Gasteiger partial charge in [0.15, 0.2) is 0 Å². The van der Waals surface area contributed by atoms with Crippen LogP contribution in [-0.2, 0) is 10.8 Å². The molecule has 0 spiro atoms. The van der Waals surface area contributed by atoms with Gasteiger partial charge in [0.2, 0.25) is 0 Å². The van der Waals surface area contributed by atoms with Gasteiger partial charge in [-0.2, -0.15) is 0 Å². The fourth-order valence-corrected chi connectivity index (χ4v) is 21.0. The number of ether oxygens (including phenoxy) is 4. The minimum Gasteiger partial charge on any atom is -0.494 e. The molecule has 2 aliphatic rings. The van der Waals surface area contributed by atoms with Crippen LogP contribution in [0.25, 0.3) is 28.9 Å². The minimum atomic E-state index is -0.562. The molecule has 0 unspecified atom stereocenters. The Labute approximate surface area is 598 Å². The minimum absolute atomic E-state index is 0.562. The van der Waals surface area contributed by atoms with Crippen molar-refractivity contribution in [2.45, 2.75) is 295 Å². The van der Waals surface area contributed by atoms with Gasteiger partial charge in [0.05, 0.1) is 56.4 Å². The van der Waals surface area contributed by atoms with Crippen molar-refractivity contribution in [3.63, 3.8) is 0 Å². The smallest absolute Gasteiger partial charge is 0.119 e. The fourth-order valence-electron chi connectivity index (χ4n) is 15.6. The highest BCUT2D eigenvalue weighted by Gasteiger charge is 2.54. The van der Waals surface area contributed by atoms with E-state index in [-0.39, 0.29) is 0 Å². The Morgan fingerprint density at radius 2 is 0.448 bits per heavy atom. The second-order valence-corrected chi connectivity index (χ2v) is 32.2. The van der Waals surface area contributed by atoms with Gasteiger partial charge in [0.1, 0.15) is 23.0 Å². The first-order valence-corrected chi connectivity index (χ1v) is 42.7. The number of benzene rings is 4. The second kappa shape index (κ2) is 40.4. The van der Waals surface area contributed by atoms with Crippen molar-refractivity contribution in [1.82, 2.24) is 0 Å². The van der Waals surface area contributed by atoms with Gasteiger partial charge >= 0.3 is 0 Å². The third kappa shape index (κ3) is 19.0. The normalized spacial score (nSPS) is 13.3. The lowest BCUT2D eigenvalue weighted by Gasteiger charge is -2.33. The number of unbranched alkanes of at least 4 members (excludes halogenated alkanes) is 36. The standard InChI is InChI=1S/C88H120O4S4/c1-5-9-13-17-21-25-29-33-37-41-63-89-73-53-45-69(46-54-73)87(70-47-55-74(56-48-70)90-64-42-38-34-30-26-22-18-14-10-6-2)77-61-67-93-81(77)83-79(87)85-86(95-83)80-84(96-85)82-78(62-68-94-82)88(80,71-49-57-75(58-50-71)91-65-43-39-35-31-27-23-19-15-11-7-3)72-51-59-76(60-52-72)92-66-44-40-36-32-28-24-20-16-12-8-4/h45-62,67-68H,5-44,63-66H2,1-4H3. The molecular weight excluding hydrogens is 1250 g/mol. The van der Waals surface area contributed by atoms with E-state index in [1.54, 1.807) is 0 Å². The molecule has 0 fully saturated rings. The Kier molecular flexibility index (Phi) is 31.1. The monoisotopic (exact) mass is 1370 g/mol. The number of hydrogen-bond acceptors (Lipinski definition) is 8. The molecule has 10 rings (SSSR count). The molecule has 0 atom stereocenters. The van der Waals surface area contributed by atoms with Crippen molar-refractivity contribution in [3.8, 4) is 42.5 Å². The molecule has 0 saturated heterocycles. The second-order valence-electron chi connectivity index (χ2n) is 28.3. The predicted molar refractivity (Wildman–Crippen MR) is 419 cm³/mol. The van der Waals surface area contributed by atoms with Crippen LogP contribution in [0.4, 0.5) is 0 Å². The topological polar surface area (TPSA) is 36.9 Å². The highest BCUT2D eigenvalue weighted by Crippen LogP contribution is 2.69. The van der Waals surface area contributed by atoms with Crippen LogP contribution in [0.15, 0.2) is 120 Å². The Morgan fingerprint density at radius 1 is 0.240 bits per heavy atom. The van der Waals surface area contributed by atoms with Crippen LogP contribution < -0.4 is 18.9 Å². The summed E-state index contributed by atoms with van der Waals surface area (Å²) in [5.41, 5.74) is 9.63. The molecule has 4 aromatic heterocycles. The molecule has 0 radical (unpaired) electrons. The fraction of sp³-hybridized carbons (Fsp3) is 0.568. The largest absolute Gasteiger partial charge is 0.494 e. The maximum absolute atomic E-state index is 6.59. The van der Waals surface area contributed by atoms with Gasteiger partial charge in [-0.25, -0.2) is 0 Å². The van der Waals surface area contributed by atoms with E-state index in [0.29, 0.717) is 0 Å². The van der Waals surface area contributed by atoms with Crippen LogP contribution in [0, 0.1) is 0 Å². The SMILES string of the molecule is CCCCCCCCCCCCOc1ccc(C2(c3ccc(OCCCCCCCCCCCC)cc3)c3ccsc3-c3sc4c5c(sc4c32)-c2sccc2C5(c2ccc(OCCCCCCCCCCCC)cc2)c2ccc(OCCCCCCCCCCCC)cc2)cc1. The van der Waals surface area contributed by atoms with Gasteiger partial charge in [0.25, 0.3) is 0 Å². The van der Waals surface area contributed by atoms with E-state index in [1.807, 2.05) is 45.3 Å². The van der Waals surface area contributed by atoms with Crippen LogP contribution in [0.2, 0.25) is 0 Å². The van der Waals surface area contributed by atoms with E-state index in [4.69, 9.17) is 18.9 Å². The summed E-state index contributed by atoms with van der Waals surface area (Å²) in [6, 6.07) is 42.1. The summed E-state index contributed by atoms with van der Waals surface area (Å²) in [5, 5.41) is 4.69. The highest BCUT2D eigenvalue weighted by molar-refractivity contribution is 7.34. The molecule has 0 bridgehead atoms. The first kappa shape index (κ1) is 73.8. The van der Waals surface area contributed by atoms with Crippen molar-refractivity contribution in [2.24, 2.45) is 0 Å². The quantitative estimate of drug-likeness (QED) is 0.0356. The molecule has 4 aromatic carbocycles. The molecule has 4 heterocycles. The highest BCUT2D eigenvalue weighted by atomic mass is 32.1. The van der Waals surface area contributed by atoms with Crippen LogP contribution >= 0.6 is 45.3 Å². The number of hydrogen-bond donors (Lipinski definition) is 0. The van der Waals surface area contributed by atoms with E-state index in [2.05, 4.69) is 148 Å². The molecule has 520 valence electrons. The molecular formula is C88H120O4S4. The summed E-state index contributed by atoms with van der Waals surface area (Å²) in [6.07, 6.45) is 52.7. The first-order chi connectivity index (χ1) is 47.6. The zero-order valence-electron chi connectivity index (χ0n) is 59.9. The van der Waals surface area contributed by atoms with Gasteiger partial charge in [-0.15, -0.1) is 45.3 Å². The lowest BCUT2D eigenvalue weighted by atomic mass is 9.67. The first-order valence-electron chi connectivity index (χ1n) is 39.3. The van der Waals surface area contributed by atoms with Crippen LogP contribution in [0.5, 0.6) is 23.0 Å². The lowest BCUT2D eigenvalue weighted by Crippen LogP contribution is -2.28. The average Bonchev–Trinajstić information content (AvgIpc) is 1.49. The summed E-state index contributed by atoms with van der Waals surface area (Å²) in [7, 11) is 0. The summed E-state index contributed by atoms with van der Waals surface area (Å²) >= 11 is 7.90. The van der Waals surface area contributed by atoms with Gasteiger partial charge in [-0.1, -0.05) is 307 Å². The van der Waals surface area contributed by atoms with Gasteiger partial charge in [0, 0.05) is 20.9 Å². The van der Waals surface area contributed by atoms with Crippen molar-refractivity contribution < 1.29 is 18.9 Å². The number of thiophene rings is 4. The third-order valence-corrected chi connectivity index (χ3v) is 25.7. The summed E-state index contributed by atoms with van der Waals surface area (Å²) in [4.78, 5) is 5.59. The Balaban J connectivity index is 0.949. The lowest BCUT2D eigenvalue weighted by molar-refractivity contribution is 0.304. The van der Waals surface area contributed by atoms with Crippen molar-refractivity contribution in [2.75, 3.05) is 26.4 Å². The summed E-state index contributed by atoms with van der Waals surface area (Å²) in [5.74, 6) is 3.82. The van der Waals surface area contributed by atoms with Gasteiger partial charge in [-0.3, -0.25) is 0 Å². The number of fused-ring (bicyclic) bond motifs is 9. The van der Waals surface area contributed by atoms with Crippen LogP contribution in [-0.4, -0.2) is 26.4 Å². The third-order valence-electron chi connectivity index (χ3n) is 21.0. The molecule has 8 aromatic rings. The average molecular weight is 1370 g/mol. The molecule has 2 aliphatic carbocycles. The van der Waals surface area contributed by atoms with Crippen LogP contribution in [0.1, 0.15) is 329 Å². The zero-order valence-corrected chi connectivity index (χ0v) is 63.2. The molecule has 0 amide bonds. The maximum atomic E-state index is 6.59. The Hall–Kier alpha value is -4.86. The molecule has 96 heavy (non-hydrogen) atoms. The summed E-state index contributed by atoms with van der Waals surface area (Å²) < 4.78 is 29.2. The molecule has 4 nitrogen and oxygen atoms in total. The molecule has 0 aliphatic heterocycles. The predicted octanol–water partition coefficient (Wildman–Crippen LogP) is 29.0. The summed E-state index contributed by atoms with van der Waals surface area (Å²) in [6.45, 7) is 12.2. The van der Waals surface area contributed by atoms with Crippen molar-refractivity contribution in [3.05, 3.63) is 164 Å². The van der Waals surface area contributed by atoms with E-state index in [9.17, 15) is 0 Å². The van der Waals surface area contributed by atoms with E-state index in [0.717, 1.165) is 75.1 Å².